The minimum atomic E-state index is -0.645. The van der Waals surface area contributed by atoms with Crippen molar-refractivity contribution in [3.8, 4) is 0 Å². The number of carboxylic acid groups (broad SMARTS) is 1. The first kappa shape index (κ1) is 16.7. The maximum Gasteiger partial charge on any atom is 0.307 e. The van der Waals surface area contributed by atoms with Crippen molar-refractivity contribution in [1.82, 2.24) is 0 Å². The first-order valence-electron chi connectivity index (χ1n) is 8.87. The lowest BCUT2D eigenvalue weighted by molar-refractivity contribution is -0.146. The van der Waals surface area contributed by atoms with E-state index in [0.29, 0.717) is 25.2 Å². The van der Waals surface area contributed by atoms with Gasteiger partial charge in [-0.1, -0.05) is 30.2 Å². The Labute approximate surface area is 137 Å². The first-order chi connectivity index (χ1) is 10.9. The first-order valence-corrected chi connectivity index (χ1v) is 8.87. The van der Waals surface area contributed by atoms with Gasteiger partial charge in [0.15, 0.2) is 0 Å². The van der Waals surface area contributed by atoms with Gasteiger partial charge in [-0.3, -0.25) is 4.79 Å². The molecule has 3 aliphatic carbocycles. The summed E-state index contributed by atoms with van der Waals surface area (Å²) in [6.07, 6.45) is 9.93. The van der Waals surface area contributed by atoms with Crippen molar-refractivity contribution in [3.63, 3.8) is 0 Å². The summed E-state index contributed by atoms with van der Waals surface area (Å²) in [5.41, 5.74) is 2.35. The van der Waals surface area contributed by atoms with Gasteiger partial charge in [0, 0.05) is 0 Å². The fraction of sp³-hybridized carbons (Fsp3) is 0.737. The minimum Gasteiger partial charge on any atom is -0.481 e. The Kier molecular flexibility index (Phi) is 4.65. The van der Waals surface area contributed by atoms with E-state index in [1.165, 1.54) is 5.57 Å². The van der Waals surface area contributed by atoms with Gasteiger partial charge >= 0.3 is 5.97 Å². The number of fused-ring (bicyclic) bond motifs is 1. The monoisotopic (exact) mass is 320 g/mol. The number of aliphatic hydroxyl groups excluding tert-OH is 2. The summed E-state index contributed by atoms with van der Waals surface area (Å²) in [5, 5.41) is 29.1. The number of hydrogen-bond acceptors (Lipinski definition) is 3. The van der Waals surface area contributed by atoms with Gasteiger partial charge in [-0.25, -0.2) is 0 Å². The van der Waals surface area contributed by atoms with E-state index in [1.54, 1.807) is 0 Å². The molecule has 0 heterocycles. The van der Waals surface area contributed by atoms with Crippen molar-refractivity contribution < 1.29 is 20.1 Å². The molecule has 0 bridgehead atoms. The van der Waals surface area contributed by atoms with Gasteiger partial charge < -0.3 is 15.3 Å². The summed E-state index contributed by atoms with van der Waals surface area (Å²) in [7, 11) is 0. The van der Waals surface area contributed by atoms with Crippen LogP contribution >= 0.6 is 0 Å². The number of rotatable bonds is 2. The van der Waals surface area contributed by atoms with Crippen LogP contribution in [0.4, 0.5) is 0 Å². The molecule has 0 unspecified atom stereocenters. The van der Waals surface area contributed by atoms with E-state index in [4.69, 9.17) is 0 Å². The minimum absolute atomic E-state index is 0.111. The molecule has 3 fully saturated rings. The van der Waals surface area contributed by atoms with Crippen LogP contribution in [0.3, 0.4) is 0 Å². The number of aliphatic hydroxyl groups is 2. The second kappa shape index (κ2) is 6.40. The molecular weight excluding hydrogens is 292 g/mol. The highest BCUT2D eigenvalue weighted by molar-refractivity contribution is 5.72. The third kappa shape index (κ3) is 3.24. The Balaban J connectivity index is 1.79. The smallest absolute Gasteiger partial charge is 0.307 e. The number of aliphatic carboxylic acids is 1. The molecule has 3 N–H and O–H groups in total. The van der Waals surface area contributed by atoms with Crippen LogP contribution in [0.15, 0.2) is 23.3 Å². The van der Waals surface area contributed by atoms with Gasteiger partial charge in [-0.05, 0) is 62.7 Å². The van der Waals surface area contributed by atoms with E-state index in [-0.39, 0.29) is 11.3 Å². The number of carbonyl (C=O) groups is 1. The van der Waals surface area contributed by atoms with Crippen LogP contribution in [-0.4, -0.2) is 33.5 Å². The van der Waals surface area contributed by atoms with Gasteiger partial charge in [0.05, 0.1) is 18.1 Å². The number of allylic oxidation sites excluding steroid dienone is 3. The predicted molar refractivity (Wildman–Crippen MR) is 87.8 cm³/mol. The quantitative estimate of drug-likeness (QED) is 0.731. The number of hydrogen-bond donors (Lipinski definition) is 3. The molecule has 0 aromatic rings. The molecule has 0 aliphatic heterocycles. The lowest BCUT2D eigenvalue weighted by atomic mass is 9.63. The SMILES string of the molecule is C[C@]12CCCC(=CC=C3C[C@@H](O)C[C@H](O)C3)[C@@H]1CC[C@@H]2C(=O)O. The highest BCUT2D eigenvalue weighted by Crippen LogP contribution is 2.57. The predicted octanol–water partition coefficient (Wildman–Crippen LogP) is 3.05. The molecule has 0 spiro atoms. The van der Waals surface area contributed by atoms with Crippen molar-refractivity contribution in [2.75, 3.05) is 0 Å². The Hall–Kier alpha value is -1.13. The van der Waals surface area contributed by atoms with E-state index in [0.717, 1.165) is 37.7 Å². The molecule has 4 nitrogen and oxygen atoms in total. The Bertz CT molecular complexity index is 523. The van der Waals surface area contributed by atoms with Crippen molar-refractivity contribution in [3.05, 3.63) is 23.3 Å². The summed E-state index contributed by atoms with van der Waals surface area (Å²) in [6.45, 7) is 2.15. The van der Waals surface area contributed by atoms with Crippen LogP contribution in [0.2, 0.25) is 0 Å². The van der Waals surface area contributed by atoms with E-state index < -0.39 is 18.2 Å². The number of carboxylic acids is 1. The van der Waals surface area contributed by atoms with Crippen LogP contribution in [0.25, 0.3) is 0 Å². The highest BCUT2D eigenvalue weighted by atomic mass is 16.4. The van der Waals surface area contributed by atoms with Gasteiger partial charge in [0.2, 0.25) is 0 Å². The van der Waals surface area contributed by atoms with Crippen LogP contribution in [0, 0.1) is 17.3 Å². The zero-order valence-corrected chi connectivity index (χ0v) is 13.9. The summed E-state index contributed by atoms with van der Waals surface area (Å²) in [4.78, 5) is 11.6. The van der Waals surface area contributed by atoms with Gasteiger partial charge in [-0.2, -0.15) is 0 Å². The molecule has 4 heteroatoms. The van der Waals surface area contributed by atoms with E-state index in [9.17, 15) is 20.1 Å². The summed E-state index contributed by atoms with van der Waals surface area (Å²) in [5.74, 6) is -0.497. The van der Waals surface area contributed by atoms with Crippen molar-refractivity contribution in [2.45, 2.75) is 70.5 Å². The average molecular weight is 320 g/mol. The standard InChI is InChI=1S/C19H28O4/c1-19-8-2-3-13(16(19)6-7-17(19)18(22)23)5-4-12-9-14(20)11-15(21)10-12/h4-5,14-17,20-21H,2-3,6-11H2,1H3,(H,22,23)/t14-,15-,16+,17-,19+/m1/s1. The zero-order valence-electron chi connectivity index (χ0n) is 13.9. The molecule has 3 rings (SSSR count). The van der Waals surface area contributed by atoms with Crippen LogP contribution in [-0.2, 0) is 4.79 Å². The third-order valence-electron chi connectivity index (χ3n) is 6.34. The lowest BCUT2D eigenvalue weighted by Crippen LogP contribution is -2.36. The van der Waals surface area contributed by atoms with Gasteiger partial charge in [0.25, 0.3) is 0 Å². The molecule has 128 valence electrons. The molecule has 5 atom stereocenters. The molecule has 0 amide bonds. The molecule has 0 saturated heterocycles. The van der Waals surface area contributed by atoms with Crippen LogP contribution in [0.1, 0.15) is 58.3 Å². The Morgan fingerprint density at radius 1 is 1.17 bits per heavy atom. The van der Waals surface area contributed by atoms with E-state index >= 15 is 0 Å². The molecule has 3 aliphatic rings. The van der Waals surface area contributed by atoms with E-state index in [2.05, 4.69) is 19.1 Å². The Morgan fingerprint density at radius 2 is 1.87 bits per heavy atom. The average Bonchev–Trinajstić information content (AvgIpc) is 2.81. The third-order valence-corrected chi connectivity index (χ3v) is 6.34. The van der Waals surface area contributed by atoms with Crippen molar-refractivity contribution >= 4 is 5.97 Å². The summed E-state index contributed by atoms with van der Waals surface area (Å²) in [6, 6.07) is 0. The molecule has 0 aromatic carbocycles. The molecule has 3 saturated carbocycles. The summed E-state index contributed by atoms with van der Waals surface area (Å²) < 4.78 is 0. The largest absolute Gasteiger partial charge is 0.481 e. The maximum absolute atomic E-state index is 11.6. The fourth-order valence-electron chi connectivity index (χ4n) is 5.18. The normalized spacial score (nSPS) is 42.6. The second-order valence-electron chi connectivity index (χ2n) is 7.90. The maximum atomic E-state index is 11.6. The molecular formula is C19H28O4. The molecule has 0 radical (unpaired) electrons. The fourth-order valence-corrected chi connectivity index (χ4v) is 5.18. The Morgan fingerprint density at radius 3 is 2.52 bits per heavy atom. The van der Waals surface area contributed by atoms with Crippen LogP contribution in [0.5, 0.6) is 0 Å². The summed E-state index contributed by atoms with van der Waals surface area (Å²) >= 11 is 0. The molecule has 0 aromatic heterocycles. The van der Waals surface area contributed by atoms with Gasteiger partial charge in [-0.15, -0.1) is 0 Å². The zero-order chi connectivity index (χ0) is 16.6. The topological polar surface area (TPSA) is 77.8 Å². The highest BCUT2D eigenvalue weighted by Gasteiger charge is 2.52. The second-order valence-corrected chi connectivity index (χ2v) is 7.90. The van der Waals surface area contributed by atoms with Crippen molar-refractivity contribution in [1.29, 1.82) is 0 Å². The van der Waals surface area contributed by atoms with Gasteiger partial charge in [0.1, 0.15) is 0 Å². The molecule has 23 heavy (non-hydrogen) atoms. The van der Waals surface area contributed by atoms with Crippen LogP contribution < -0.4 is 0 Å². The van der Waals surface area contributed by atoms with Crippen molar-refractivity contribution in [2.24, 2.45) is 17.3 Å². The lowest BCUT2D eigenvalue weighted by Gasteiger charge is -2.40. The van der Waals surface area contributed by atoms with E-state index in [1.807, 2.05) is 0 Å².